The third kappa shape index (κ3) is 5.38. The zero-order chi connectivity index (χ0) is 18.2. The van der Waals surface area contributed by atoms with Crippen LogP contribution in [0.4, 0.5) is 11.4 Å². The molecule has 0 spiro atoms. The molecule has 4 nitrogen and oxygen atoms in total. The maximum atomic E-state index is 10.6. The van der Waals surface area contributed by atoms with Gasteiger partial charge in [-0.05, 0) is 53.9 Å². The summed E-state index contributed by atoms with van der Waals surface area (Å²) in [7, 11) is 0. The maximum Gasteiger partial charge on any atom is 0.303 e. The third-order valence-electron chi connectivity index (χ3n) is 3.95. The number of hydrogen-bond donors (Lipinski definition) is 2. The normalized spacial score (nSPS) is 10.3. The number of carboxylic acid groups (broad SMARTS) is 1. The molecule has 0 radical (unpaired) electrons. The Kier molecular flexibility index (Phi) is 5.88. The molecule has 3 rings (SSSR count). The number of nitrogens with one attached hydrogen (secondary N) is 1. The van der Waals surface area contributed by atoms with E-state index in [1.54, 1.807) is 0 Å². The van der Waals surface area contributed by atoms with Gasteiger partial charge in [-0.3, -0.25) is 4.79 Å². The predicted octanol–water partition coefficient (Wildman–Crippen LogP) is 5.03. The van der Waals surface area contributed by atoms with Crippen LogP contribution in [-0.4, -0.2) is 11.1 Å². The second-order valence-electron chi connectivity index (χ2n) is 6.02. The molecule has 0 saturated heterocycles. The molecule has 0 amide bonds. The highest BCUT2D eigenvalue weighted by Crippen LogP contribution is 2.19. The smallest absolute Gasteiger partial charge is 0.303 e. The van der Waals surface area contributed by atoms with E-state index in [1.165, 1.54) is 0 Å². The highest BCUT2D eigenvalue weighted by molar-refractivity contribution is 5.67. The fourth-order valence-corrected chi connectivity index (χ4v) is 2.60. The monoisotopic (exact) mass is 347 g/mol. The van der Waals surface area contributed by atoms with Crippen molar-refractivity contribution in [1.82, 2.24) is 0 Å². The van der Waals surface area contributed by atoms with Crippen LogP contribution >= 0.6 is 0 Å². The lowest BCUT2D eigenvalue weighted by Crippen LogP contribution is -1.99. The van der Waals surface area contributed by atoms with Crippen molar-refractivity contribution in [2.45, 2.75) is 19.4 Å². The number of carboxylic acids is 1. The standard InChI is InChI=1S/C22H21NO3/c24-22(25)14-11-17-9-12-21(13-10-17)26-16-18-5-4-8-20(15-18)23-19-6-2-1-3-7-19/h1-10,12-13,15,23H,11,14,16H2,(H,24,25). The fraction of sp³-hybridized carbons (Fsp3) is 0.136. The predicted molar refractivity (Wildman–Crippen MR) is 103 cm³/mol. The van der Waals surface area contributed by atoms with E-state index in [0.717, 1.165) is 28.3 Å². The summed E-state index contributed by atoms with van der Waals surface area (Å²) < 4.78 is 5.83. The van der Waals surface area contributed by atoms with Gasteiger partial charge in [0.25, 0.3) is 0 Å². The summed E-state index contributed by atoms with van der Waals surface area (Å²) in [4.78, 5) is 10.6. The van der Waals surface area contributed by atoms with Crippen LogP contribution in [0.2, 0.25) is 0 Å². The SMILES string of the molecule is O=C(O)CCc1ccc(OCc2cccc(Nc3ccccc3)c2)cc1. The first-order chi connectivity index (χ1) is 12.7. The van der Waals surface area contributed by atoms with Crippen LogP contribution in [0.1, 0.15) is 17.5 Å². The van der Waals surface area contributed by atoms with Crippen molar-refractivity contribution in [3.05, 3.63) is 90.0 Å². The molecule has 132 valence electrons. The minimum Gasteiger partial charge on any atom is -0.489 e. The van der Waals surface area contributed by atoms with E-state index >= 15 is 0 Å². The van der Waals surface area contributed by atoms with Crippen molar-refractivity contribution in [2.24, 2.45) is 0 Å². The summed E-state index contributed by atoms with van der Waals surface area (Å²) in [5.74, 6) is -0.0141. The number of rotatable bonds is 8. The lowest BCUT2D eigenvalue weighted by molar-refractivity contribution is -0.136. The summed E-state index contributed by atoms with van der Waals surface area (Å²) in [5, 5.41) is 12.1. The van der Waals surface area contributed by atoms with Gasteiger partial charge in [0.2, 0.25) is 0 Å². The van der Waals surface area contributed by atoms with Gasteiger partial charge >= 0.3 is 5.97 Å². The Bertz CT molecular complexity index is 845. The number of carbonyl (C=O) groups is 1. The lowest BCUT2D eigenvalue weighted by atomic mass is 10.1. The Morgan fingerprint density at radius 1 is 0.846 bits per heavy atom. The van der Waals surface area contributed by atoms with E-state index < -0.39 is 5.97 Å². The van der Waals surface area contributed by atoms with Crippen LogP contribution in [0.25, 0.3) is 0 Å². The van der Waals surface area contributed by atoms with Crippen molar-refractivity contribution in [3.8, 4) is 5.75 Å². The molecule has 0 bridgehead atoms. The molecule has 3 aromatic carbocycles. The van der Waals surface area contributed by atoms with Gasteiger partial charge in [-0.15, -0.1) is 0 Å². The van der Waals surface area contributed by atoms with Crippen LogP contribution in [0.15, 0.2) is 78.9 Å². The van der Waals surface area contributed by atoms with Gasteiger partial charge in [0, 0.05) is 17.8 Å². The topological polar surface area (TPSA) is 58.6 Å². The van der Waals surface area contributed by atoms with E-state index in [-0.39, 0.29) is 6.42 Å². The number of aryl methyl sites for hydroxylation is 1. The van der Waals surface area contributed by atoms with Gasteiger partial charge in [0.05, 0.1) is 0 Å². The molecule has 0 fully saturated rings. The highest BCUT2D eigenvalue weighted by Gasteiger charge is 2.02. The first kappa shape index (κ1) is 17.5. The van der Waals surface area contributed by atoms with E-state index in [9.17, 15) is 4.79 Å². The van der Waals surface area contributed by atoms with E-state index in [1.807, 2.05) is 72.8 Å². The Labute approximate surface area is 153 Å². The third-order valence-corrected chi connectivity index (χ3v) is 3.95. The molecule has 2 N–H and O–H groups in total. The molecular weight excluding hydrogens is 326 g/mol. The minimum absolute atomic E-state index is 0.140. The van der Waals surface area contributed by atoms with Gasteiger partial charge in [-0.1, -0.05) is 42.5 Å². The average molecular weight is 347 g/mol. The number of para-hydroxylation sites is 1. The van der Waals surface area contributed by atoms with Crippen LogP contribution < -0.4 is 10.1 Å². The number of hydrogen-bond acceptors (Lipinski definition) is 3. The minimum atomic E-state index is -0.783. The van der Waals surface area contributed by atoms with Crippen LogP contribution in [0.3, 0.4) is 0 Å². The molecule has 0 unspecified atom stereocenters. The van der Waals surface area contributed by atoms with Gasteiger partial charge < -0.3 is 15.2 Å². The molecule has 26 heavy (non-hydrogen) atoms. The molecule has 0 atom stereocenters. The number of ether oxygens (including phenoxy) is 1. The van der Waals surface area contributed by atoms with E-state index in [0.29, 0.717) is 13.0 Å². The zero-order valence-electron chi connectivity index (χ0n) is 14.4. The Morgan fingerprint density at radius 2 is 1.58 bits per heavy atom. The van der Waals surface area contributed by atoms with E-state index in [4.69, 9.17) is 9.84 Å². The van der Waals surface area contributed by atoms with Gasteiger partial charge in [0.1, 0.15) is 12.4 Å². The molecule has 4 heteroatoms. The summed E-state index contributed by atoms with van der Waals surface area (Å²) in [6.45, 7) is 0.471. The summed E-state index contributed by atoms with van der Waals surface area (Å²) in [5.41, 5.74) is 4.12. The van der Waals surface area contributed by atoms with E-state index in [2.05, 4.69) is 11.4 Å². The van der Waals surface area contributed by atoms with Gasteiger partial charge in [0.15, 0.2) is 0 Å². The largest absolute Gasteiger partial charge is 0.489 e. The van der Waals surface area contributed by atoms with Crippen LogP contribution in [0, 0.1) is 0 Å². The summed E-state index contributed by atoms with van der Waals surface area (Å²) in [6.07, 6.45) is 0.671. The summed E-state index contributed by atoms with van der Waals surface area (Å²) >= 11 is 0. The first-order valence-corrected chi connectivity index (χ1v) is 8.53. The quantitative estimate of drug-likeness (QED) is 0.600. The second-order valence-corrected chi connectivity index (χ2v) is 6.02. The fourth-order valence-electron chi connectivity index (χ4n) is 2.60. The average Bonchev–Trinajstić information content (AvgIpc) is 2.67. The molecule has 0 heterocycles. The van der Waals surface area contributed by atoms with Crippen molar-refractivity contribution in [3.63, 3.8) is 0 Å². The second kappa shape index (κ2) is 8.72. The molecule has 0 aliphatic heterocycles. The molecule has 0 aliphatic carbocycles. The number of benzene rings is 3. The Hall–Kier alpha value is -3.27. The Morgan fingerprint density at radius 3 is 2.31 bits per heavy atom. The van der Waals surface area contributed by atoms with Gasteiger partial charge in [-0.25, -0.2) is 0 Å². The molecule has 0 aromatic heterocycles. The van der Waals surface area contributed by atoms with Crippen molar-refractivity contribution in [1.29, 1.82) is 0 Å². The van der Waals surface area contributed by atoms with Crippen molar-refractivity contribution in [2.75, 3.05) is 5.32 Å². The summed E-state index contributed by atoms with van der Waals surface area (Å²) in [6, 6.07) is 25.7. The highest BCUT2D eigenvalue weighted by atomic mass is 16.5. The molecule has 3 aromatic rings. The number of aliphatic carboxylic acids is 1. The molecule has 0 saturated carbocycles. The van der Waals surface area contributed by atoms with Crippen LogP contribution in [-0.2, 0) is 17.8 Å². The van der Waals surface area contributed by atoms with Crippen molar-refractivity contribution < 1.29 is 14.6 Å². The van der Waals surface area contributed by atoms with Gasteiger partial charge in [-0.2, -0.15) is 0 Å². The Balaban J connectivity index is 1.56. The molecular formula is C22H21NO3. The maximum absolute atomic E-state index is 10.6. The molecule has 0 aliphatic rings. The van der Waals surface area contributed by atoms with Crippen LogP contribution in [0.5, 0.6) is 5.75 Å². The first-order valence-electron chi connectivity index (χ1n) is 8.53. The zero-order valence-corrected chi connectivity index (χ0v) is 14.4. The van der Waals surface area contributed by atoms with Crippen molar-refractivity contribution >= 4 is 17.3 Å². The number of anilines is 2. The lowest BCUT2D eigenvalue weighted by Gasteiger charge is -2.10.